The number of hydrogen-bond donors (Lipinski definition) is 2. The molecule has 7 heteroatoms. The minimum absolute atomic E-state index is 0.116. The second-order valence-corrected chi connectivity index (χ2v) is 7.87. The van der Waals surface area contributed by atoms with Crippen molar-refractivity contribution >= 4 is 34.6 Å². The molecule has 0 bridgehead atoms. The van der Waals surface area contributed by atoms with Gasteiger partial charge in [0.05, 0.1) is 16.8 Å². The van der Waals surface area contributed by atoms with Crippen molar-refractivity contribution in [3.05, 3.63) is 59.9 Å². The van der Waals surface area contributed by atoms with E-state index in [0.29, 0.717) is 0 Å². The molecule has 0 atom stereocenters. The summed E-state index contributed by atoms with van der Waals surface area (Å²) < 4.78 is 1.93. The number of amides is 2. The number of aryl methyl sites for hydroxylation is 2. The number of aromatic nitrogens is 2. The first-order valence-electron chi connectivity index (χ1n) is 9.78. The van der Waals surface area contributed by atoms with Crippen LogP contribution in [0.15, 0.2) is 53.4 Å². The monoisotopic (exact) mass is 410 g/mol. The molecule has 2 N–H and O–H groups in total. The largest absolute Gasteiger partial charge is 0.318 e. The molecule has 1 aromatic heterocycles. The maximum absolute atomic E-state index is 12.4. The van der Waals surface area contributed by atoms with Crippen LogP contribution < -0.4 is 10.9 Å². The van der Waals surface area contributed by atoms with Crippen molar-refractivity contribution < 1.29 is 9.59 Å². The van der Waals surface area contributed by atoms with Gasteiger partial charge in [-0.2, -0.15) is 0 Å². The van der Waals surface area contributed by atoms with E-state index in [1.807, 2.05) is 60.0 Å². The number of fused-ring (bicyclic) bond motifs is 1. The summed E-state index contributed by atoms with van der Waals surface area (Å²) in [6.45, 7) is 4.25. The Balaban J connectivity index is 1.56. The zero-order valence-corrected chi connectivity index (χ0v) is 17.6. The fourth-order valence-electron chi connectivity index (χ4n) is 3.05. The number of rotatable bonds is 8. The van der Waals surface area contributed by atoms with E-state index in [1.165, 1.54) is 11.8 Å². The minimum atomic E-state index is -0.278. The third kappa shape index (κ3) is 5.60. The molecule has 1 heterocycles. The van der Waals surface area contributed by atoms with Crippen LogP contribution >= 0.6 is 11.8 Å². The van der Waals surface area contributed by atoms with Gasteiger partial charge in [-0.3, -0.25) is 20.4 Å². The molecule has 0 spiro atoms. The molecule has 3 rings (SSSR count). The van der Waals surface area contributed by atoms with Gasteiger partial charge >= 0.3 is 0 Å². The number of nitrogens with zero attached hydrogens (tertiary/aromatic N) is 2. The van der Waals surface area contributed by atoms with Gasteiger partial charge in [0.15, 0.2) is 0 Å². The fourth-order valence-corrected chi connectivity index (χ4v) is 3.88. The lowest BCUT2D eigenvalue weighted by atomic mass is 10.2. The second kappa shape index (κ2) is 10.1. The quantitative estimate of drug-likeness (QED) is 0.439. The van der Waals surface area contributed by atoms with Crippen LogP contribution in [0.2, 0.25) is 0 Å². The second-order valence-electron chi connectivity index (χ2n) is 6.86. The molecule has 3 aromatic rings. The summed E-state index contributed by atoms with van der Waals surface area (Å²) in [5.74, 6) is 0.610. The Labute approximate surface area is 175 Å². The average molecular weight is 411 g/mol. The fraction of sp³-hybridized carbons (Fsp3) is 0.318. The molecule has 6 nitrogen and oxygen atoms in total. The summed E-state index contributed by atoms with van der Waals surface area (Å²) in [5, 5.41) is 0. The maximum Gasteiger partial charge on any atom is 0.258 e. The first-order valence-corrected chi connectivity index (χ1v) is 10.8. The van der Waals surface area contributed by atoms with Crippen LogP contribution in [0.4, 0.5) is 0 Å². The van der Waals surface area contributed by atoms with Crippen LogP contribution in [0.3, 0.4) is 0 Å². The number of hydrogen-bond acceptors (Lipinski definition) is 4. The number of benzene rings is 2. The molecule has 2 amide bonds. The maximum atomic E-state index is 12.4. The van der Waals surface area contributed by atoms with Crippen LogP contribution in [-0.4, -0.2) is 27.1 Å². The molecule has 0 aliphatic rings. The van der Waals surface area contributed by atoms with Gasteiger partial charge in [-0.25, -0.2) is 4.98 Å². The smallest absolute Gasteiger partial charge is 0.258 e. The number of hydrazine groups is 1. The summed E-state index contributed by atoms with van der Waals surface area (Å²) in [5.41, 5.74) is 7.95. The highest BCUT2D eigenvalue weighted by Gasteiger charge is 2.14. The van der Waals surface area contributed by atoms with Gasteiger partial charge in [0.1, 0.15) is 12.4 Å². The van der Waals surface area contributed by atoms with Crippen molar-refractivity contribution in [3.63, 3.8) is 0 Å². The Hall–Kier alpha value is -2.80. The first-order chi connectivity index (χ1) is 14.1. The lowest BCUT2D eigenvalue weighted by Crippen LogP contribution is -2.44. The van der Waals surface area contributed by atoms with E-state index < -0.39 is 0 Å². The molecule has 0 saturated carbocycles. The van der Waals surface area contributed by atoms with Gasteiger partial charge in [-0.15, -0.1) is 11.8 Å². The van der Waals surface area contributed by atoms with Crippen LogP contribution in [0.25, 0.3) is 11.0 Å². The molecule has 0 saturated heterocycles. The van der Waals surface area contributed by atoms with Crippen molar-refractivity contribution in [1.29, 1.82) is 0 Å². The van der Waals surface area contributed by atoms with Crippen LogP contribution in [-0.2, 0) is 22.6 Å². The third-order valence-corrected chi connectivity index (χ3v) is 5.76. The van der Waals surface area contributed by atoms with Crippen molar-refractivity contribution in [3.8, 4) is 0 Å². The number of unbranched alkanes of at least 4 members (excludes halogenated alkanes) is 1. The van der Waals surface area contributed by atoms with E-state index in [4.69, 9.17) is 0 Å². The summed E-state index contributed by atoms with van der Waals surface area (Å²) in [4.78, 5) is 30.2. The lowest BCUT2D eigenvalue weighted by Gasteiger charge is -2.11. The molecular weight excluding hydrogens is 384 g/mol. The number of nitrogens with one attached hydrogen (secondary N) is 2. The van der Waals surface area contributed by atoms with Gasteiger partial charge in [0.25, 0.3) is 5.91 Å². The predicted molar refractivity (Wildman–Crippen MR) is 117 cm³/mol. The zero-order chi connectivity index (χ0) is 20.6. The van der Waals surface area contributed by atoms with E-state index in [9.17, 15) is 9.59 Å². The third-order valence-electron chi connectivity index (χ3n) is 4.58. The van der Waals surface area contributed by atoms with Crippen LogP contribution in [0.1, 0.15) is 31.2 Å². The molecule has 29 heavy (non-hydrogen) atoms. The minimum Gasteiger partial charge on any atom is -0.318 e. The van der Waals surface area contributed by atoms with Gasteiger partial charge in [-0.05, 0) is 37.1 Å². The highest BCUT2D eigenvalue weighted by atomic mass is 32.2. The Morgan fingerprint density at radius 1 is 1.03 bits per heavy atom. The van der Waals surface area contributed by atoms with E-state index in [2.05, 4.69) is 22.8 Å². The number of imidazole rings is 1. The molecule has 2 aromatic carbocycles. The zero-order valence-electron chi connectivity index (χ0n) is 16.8. The van der Waals surface area contributed by atoms with Crippen molar-refractivity contribution in [2.75, 3.05) is 5.75 Å². The van der Waals surface area contributed by atoms with Crippen LogP contribution in [0.5, 0.6) is 0 Å². The Kier molecular flexibility index (Phi) is 7.30. The Bertz CT molecular complexity index is 999. The normalized spacial score (nSPS) is 10.8. The number of para-hydroxylation sites is 2. The van der Waals surface area contributed by atoms with E-state index in [0.717, 1.165) is 46.6 Å². The molecule has 0 fully saturated rings. The van der Waals surface area contributed by atoms with Gasteiger partial charge < -0.3 is 4.57 Å². The molecule has 152 valence electrons. The van der Waals surface area contributed by atoms with E-state index in [-0.39, 0.29) is 24.1 Å². The van der Waals surface area contributed by atoms with Crippen molar-refractivity contribution in [1.82, 2.24) is 20.4 Å². The van der Waals surface area contributed by atoms with Crippen molar-refractivity contribution in [2.45, 2.75) is 44.6 Å². The predicted octanol–water partition coefficient (Wildman–Crippen LogP) is 3.63. The summed E-state index contributed by atoms with van der Waals surface area (Å²) >= 11 is 1.45. The molecular formula is C22H26N4O2S. The number of thioether (sulfide) groups is 1. The Morgan fingerprint density at radius 3 is 2.55 bits per heavy atom. The highest BCUT2D eigenvalue weighted by Crippen LogP contribution is 2.21. The number of carbonyl (C=O) groups excluding carboxylic acids is 2. The molecule has 0 aliphatic heterocycles. The van der Waals surface area contributed by atoms with Gasteiger partial charge in [0, 0.05) is 11.3 Å². The number of carbonyl (C=O) groups is 2. The summed E-state index contributed by atoms with van der Waals surface area (Å²) in [6.07, 6.45) is 2.89. The average Bonchev–Trinajstić information content (AvgIpc) is 3.07. The SMILES string of the molecule is CCCCc1nc2ccccc2n1CC(=O)NNC(=O)CSc1ccccc1C. The molecule has 0 aliphatic carbocycles. The summed E-state index contributed by atoms with van der Waals surface area (Å²) in [7, 11) is 0. The van der Waals surface area contributed by atoms with Gasteiger partial charge in [0.2, 0.25) is 5.91 Å². The molecule has 0 radical (unpaired) electrons. The Morgan fingerprint density at radius 2 is 1.76 bits per heavy atom. The molecule has 0 unspecified atom stereocenters. The topological polar surface area (TPSA) is 76.0 Å². The highest BCUT2D eigenvalue weighted by molar-refractivity contribution is 8.00. The van der Waals surface area contributed by atoms with E-state index >= 15 is 0 Å². The van der Waals surface area contributed by atoms with Crippen molar-refractivity contribution in [2.24, 2.45) is 0 Å². The first kappa shape index (κ1) is 20.9. The lowest BCUT2D eigenvalue weighted by molar-refractivity contribution is -0.128. The summed E-state index contributed by atoms with van der Waals surface area (Å²) in [6, 6.07) is 15.7. The standard InChI is InChI=1S/C22H26N4O2S/c1-3-4-13-20-23-17-10-6-7-11-18(17)26(20)14-21(27)24-25-22(28)15-29-19-12-8-5-9-16(19)2/h5-12H,3-4,13-15H2,1-2H3,(H,24,27)(H,25,28). The van der Waals surface area contributed by atoms with Gasteiger partial charge in [-0.1, -0.05) is 43.7 Å². The van der Waals surface area contributed by atoms with E-state index in [1.54, 1.807) is 0 Å². The van der Waals surface area contributed by atoms with Crippen LogP contribution in [0, 0.1) is 6.92 Å².